The predicted molar refractivity (Wildman–Crippen MR) is 62.8 cm³/mol. The van der Waals surface area contributed by atoms with Gasteiger partial charge < -0.3 is 5.32 Å². The van der Waals surface area contributed by atoms with Crippen LogP contribution >= 0.6 is 0 Å². The van der Waals surface area contributed by atoms with Gasteiger partial charge in [0.15, 0.2) is 0 Å². The fourth-order valence-corrected chi connectivity index (χ4v) is 1.82. The second-order valence-electron chi connectivity index (χ2n) is 4.11. The Morgan fingerprint density at radius 1 is 1.29 bits per heavy atom. The van der Waals surface area contributed by atoms with Crippen LogP contribution in [0.5, 0.6) is 0 Å². The van der Waals surface area contributed by atoms with Gasteiger partial charge in [0, 0.05) is 6.04 Å². The van der Waals surface area contributed by atoms with Crippen LogP contribution in [0.15, 0.2) is 24.3 Å². The van der Waals surface area contributed by atoms with Crippen molar-refractivity contribution in [3.05, 3.63) is 35.4 Å². The van der Waals surface area contributed by atoms with Crippen molar-refractivity contribution in [2.45, 2.75) is 38.4 Å². The van der Waals surface area contributed by atoms with Crippen molar-refractivity contribution in [1.82, 2.24) is 5.32 Å². The van der Waals surface area contributed by atoms with Gasteiger partial charge >= 0.3 is 6.18 Å². The monoisotopic (exact) mass is 245 g/mol. The summed E-state index contributed by atoms with van der Waals surface area (Å²) in [5, 5.41) is 3.06. The zero-order chi connectivity index (χ0) is 12.9. The van der Waals surface area contributed by atoms with Crippen molar-refractivity contribution in [3.8, 4) is 0 Å². The molecule has 0 saturated carbocycles. The third-order valence-corrected chi connectivity index (χ3v) is 2.81. The third-order valence-electron chi connectivity index (χ3n) is 2.81. The highest BCUT2D eigenvalue weighted by molar-refractivity contribution is 5.27. The minimum Gasteiger partial charge on any atom is -0.313 e. The van der Waals surface area contributed by atoms with E-state index in [9.17, 15) is 13.2 Å². The minimum absolute atomic E-state index is 0.00255. The van der Waals surface area contributed by atoms with E-state index in [1.54, 1.807) is 13.1 Å². The summed E-state index contributed by atoms with van der Waals surface area (Å²) in [5.74, 6) is 0. The molecule has 1 aromatic carbocycles. The highest BCUT2D eigenvalue weighted by Gasteiger charge is 2.30. The van der Waals surface area contributed by atoms with E-state index in [2.05, 4.69) is 12.2 Å². The topological polar surface area (TPSA) is 12.0 Å². The van der Waals surface area contributed by atoms with E-state index >= 15 is 0 Å². The molecule has 1 rings (SSSR count). The molecule has 0 spiro atoms. The molecule has 0 heterocycles. The average Bonchev–Trinajstić information content (AvgIpc) is 2.29. The van der Waals surface area contributed by atoms with Crippen molar-refractivity contribution in [2.75, 3.05) is 7.05 Å². The minimum atomic E-state index is -4.26. The Morgan fingerprint density at radius 2 is 2.00 bits per heavy atom. The number of alkyl halides is 3. The summed E-state index contributed by atoms with van der Waals surface area (Å²) in [4.78, 5) is 0. The molecule has 0 aliphatic carbocycles. The van der Waals surface area contributed by atoms with Gasteiger partial charge in [0.2, 0.25) is 0 Å². The van der Waals surface area contributed by atoms with Crippen LogP contribution < -0.4 is 5.32 Å². The molecule has 0 fully saturated rings. The zero-order valence-corrected chi connectivity index (χ0v) is 10.1. The van der Waals surface area contributed by atoms with E-state index in [1.165, 1.54) is 12.1 Å². The molecule has 1 atom stereocenters. The van der Waals surface area contributed by atoms with Crippen LogP contribution in [0.4, 0.5) is 13.2 Å². The second kappa shape index (κ2) is 6.05. The maximum atomic E-state index is 12.6. The quantitative estimate of drug-likeness (QED) is 0.821. The molecule has 1 N–H and O–H groups in total. The summed E-state index contributed by atoms with van der Waals surface area (Å²) in [7, 11) is 1.78. The van der Waals surface area contributed by atoms with Crippen molar-refractivity contribution >= 4 is 0 Å². The fraction of sp³-hybridized carbons (Fsp3) is 0.538. The summed E-state index contributed by atoms with van der Waals surface area (Å²) in [5.41, 5.74) is 0.127. The zero-order valence-electron chi connectivity index (χ0n) is 10.1. The first-order chi connectivity index (χ1) is 7.99. The Bertz CT molecular complexity index is 347. The third kappa shape index (κ3) is 4.04. The lowest BCUT2D eigenvalue weighted by molar-refractivity contribution is -0.137. The molecule has 1 aromatic rings. The van der Waals surface area contributed by atoms with Crippen LogP contribution in [0.3, 0.4) is 0 Å². The number of rotatable bonds is 5. The number of nitrogens with one attached hydrogen (secondary N) is 1. The van der Waals surface area contributed by atoms with Gasteiger partial charge in [-0.2, -0.15) is 13.2 Å². The summed E-state index contributed by atoms with van der Waals surface area (Å²) < 4.78 is 37.7. The van der Waals surface area contributed by atoms with Crippen LogP contribution in [-0.4, -0.2) is 7.05 Å². The molecule has 96 valence electrons. The van der Waals surface area contributed by atoms with Gasteiger partial charge in [-0.05, 0) is 31.2 Å². The van der Waals surface area contributed by atoms with Crippen molar-refractivity contribution in [1.29, 1.82) is 0 Å². The van der Waals surface area contributed by atoms with E-state index in [-0.39, 0.29) is 6.04 Å². The fourth-order valence-electron chi connectivity index (χ4n) is 1.82. The number of hydrogen-bond donors (Lipinski definition) is 1. The highest BCUT2D eigenvalue weighted by atomic mass is 19.4. The first kappa shape index (κ1) is 14.0. The maximum absolute atomic E-state index is 12.6. The lowest BCUT2D eigenvalue weighted by Gasteiger charge is -2.17. The first-order valence-electron chi connectivity index (χ1n) is 5.83. The summed E-state index contributed by atoms with van der Waals surface area (Å²) in [6.45, 7) is 2.07. The van der Waals surface area contributed by atoms with Crippen LogP contribution in [0.2, 0.25) is 0 Å². The molecule has 0 saturated heterocycles. The number of halogens is 3. The molecule has 0 aliphatic rings. The van der Waals surface area contributed by atoms with Crippen molar-refractivity contribution < 1.29 is 13.2 Å². The molecule has 1 unspecified atom stereocenters. The number of hydrogen-bond acceptors (Lipinski definition) is 1. The van der Waals surface area contributed by atoms with E-state index in [4.69, 9.17) is 0 Å². The van der Waals surface area contributed by atoms with Crippen molar-refractivity contribution in [3.63, 3.8) is 0 Å². The molecule has 0 radical (unpaired) electrons. The standard InChI is InChI=1S/C13H18F3N/c1-3-4-8-12(17-2)10-6-5-7-11(9-10)13(14,15)16/h5-7,9,12,17H,3-4,8H2,1-2H3. The lowest BCUT2D eigenvalue weighted by atomic mass is 9.99. The highest BCUT2D eigenvalue weighted by Crippen LogP contribution is 2.31. The summed E-state index contributed by atoms with van der Waals surface area (Å²) in [6, 6.07) is 5.55. The van der Waals surface area contributed by atoms with Gasteiger partial charge in [-0.1, -0.05) is 31.9 Å². The Labute approximate surface area is 100 Å². The molecule has 17 heavy (non-hydrogen) atoms. The van der Waals surface area contributed by atoms with Crippen LogP contribution in [0.1, 0.15) is 43.4 Å². The Balaban J connectivity index is 2.89. The maximum Gasteiger partial charge on any atom is 0.416 e. The van der Waals surface area contributed by atoms with Gasteiger partial charge in [0.1, 0.15) is 0 Å². The van der Waals surface area contributed by atoms with E-state index in [1.807, 2.05) is 0 Å². The SMILES string of the molecule is CCCCC(NC)c1cccc(C(F)(F)F)c1. The molecular weight excluding hydrogens is 227 g/mol. The molecule has 0 amide bonds. The van der Waals surface area contributed by atoms with Crippen molar-refractivity contribution in [2.24, 2.45) is 0 Å². The Morgan fingerprint density at radius 3 is 2.53 bits per heavy atom. The molecule has 0 aliphatic heterocycles. The van der Waals surface area contributed by atoms with Gasteiger partial charge in [-0.15, -0.1) is 0 Å². The van der Waals surface area contributed by atoms with E-state index in [0.717, 1.165) is 25.3 Å². The molecular formula is C13H18F3N. The molecule has 4 heteroatoms. The van der Waals surface area contributed by atoms with E-state index < -0.39 is 11.7 Å². The normalized spacial score (nSPS) is 13.7. The largest absolute Gasteiger partial charge is 0.416 e. The van der Waals surface area contributed by atoms with Crippen LogP contribution in [0, 0.1) is 0 Å². The van der Waals surface area contributed by atoms with Crippen LogP contribution in [-0.2, 0) is 6.18 Å². The number of benzene rings is 1. The molecule has 0 bridgehead atoms. The van der Waals surface area contributed by atoms with Gasteiger partial charge in [0.05, 0.1) is 5.56 Å². The smallest absolute Gasteiger partial charge is 0.313 e. The molecule has 1 nitrogen and oxygen atoms in total. The Hall–Kier alpha value is -1.03. The summed E-state index contributed by atoms with van der Waals surface area (Å²) >= 11 is 0. The van der Waals surface area contributed by atoms with Gasteiger partial charge in [-0.3, -0.25) is 0 Å². The predicted octanol–water partition coefficient (Wildman–Crippen LogP) is 4.16. The van der Waals surface area contributed by atoms with Gasteiger partial charge in [-0.25, -0.2) is 0 Å². The Kier molecular flexibility index (Phi) is 5.00. The average molecular weight is 245 g/mol. The lowest BCUT2D eigenvalue weighted by Crippen LogP contribution is -2.17. The second-order valence-corrected chi connectivity index (χ2v) is 4.11. The van der Waals surface area contributed by atoms with E-state index in [0.29, 0.717) is 5.56 Å². The first-order valence-corrected chi connectivity index (χ1v) is 5.83. The summed E-state index contributed by atoms with van der Waals surface area (Å²) in [6.07, 6.45) is -1.37. The number of unbranched alkanes of at least 4 members (excludes halogenated alkanes) is 1. The molecule has 0 aromatic heterocycles. The van der Waals surface area contributed by atoms with Crippen LogP contribution in [0.25, 0.3) is 0 Å². The van der Waals surface area contributed by atoms with Gasteiger partial charge in [0.25, 0.3) is 0 Å².